The molecule has 1 heterocycles. The van der Waals surface area contributed by atoms with Crippen LogP contribution in [0.4, 0.5) is 0 Å². The quantitative estimate of drug-likeness (QED) is 0.828. The minimum atomic E-state index is -1.41. The van der Waals surface area contributed by atoms with Gasteiger partial charge in [-0.25, -0.2) is 9.97 Å². The van der Waals surface area contributed by atoms with E-state index in [1.807, 2.05) is 13.8 Å². The Labute approximate surface area is 115 Å². The van der Waals surface area contributed by atoms with Gasteiger partial charge in [-0.2, -0.15) is 0 Å². The highest BCUT2D eigenvalue weighted by Gasteiger charge is 2.25. The van der Waals surface area contributed by atoms with Gasteiger partial charge in [0.15, 0.2) is 11.6 Å². The summed E-state index contributed by atoms with van der Waals surface area (Å²) in [5.74, 6) is 1.35. The van der Waals surface area contributed by atoms with Crippen LogP contribution >= 0.6 is 0 Å². The Morgan fingerprint density at radius 1 is 1.26 bits per heavy atom. The minimum absolute atomic E-state index is 0.191. The summed E-state index contributed by atoms with van der Waals surface area (Å²) in [6.45, 7) is 9.92. The molecule has 2 N–H and O–H groups in total. The Balaban J connectivity index is 0.00000154. The van der Waals surface area contributed by atoms with Gasteiger partial charge in [0.25, 0.3) is 0 Å². The fourth-order valence-corrected chi connectivity index (χ4v) is 1.15. The molecule has 1 rings (SSSR count). The average molecular weight is 270 g/mol. The Kier molecular flexibility index (Phi) is 8.27. The van der Waals surface area contributed by atoms with E-state index < -0.39 is 12.2 Å². The molecule has 0 aromatic carbocycles. The van der Waals surface area contributed by atoms with Crippen molar-refractivity contribution in [1.82, 2.24) is 9.97 Å². The summed E-state index contributed by atoms with van der Waals surface area (Å²) < 4.78 is 5.45. The molecule has 0 aliphatic carbocycles. The molecular weight excluding hydrogens is 244 g/mol. The number of aliphatic hydroxyl groups is 2. The lowest BCUT2D eigenvalue weighted by molar-refractivity contribution is -0.00983. The molecule has 0 saturated carbocycles. The van der Waals surface area contributed by atoms with E-state index in [0.29, 0.717) is 18.3 Å². The first-order valence-corrected chi connectivity index (χ1v) is 6.74. The third-order valence-electron chi connectivity index (χ3n) is 2.38. The van der Waals surface area contributed by atoms with Crippen molar-refractivity contribution in [2.24, 2.45) is 5.92 Å². The van der Waals surface area contributed by atoms with Crippen LogP contribution in [-0.2, 0) is 5.60 Å². The molecule has 1 atom stereocenters. The molecule has 1 aromatic heterocycles. The van der Waals surface area contributed by atoms with Gasteiger partial charge in [0.1, 0.15) is 5.60 Å². The first-order chi connectivity index (χ1) is 8.95. The highest BCUT2D eigenvalue weighted by atomic mass is 16.5. The van der Waals surface area contributed by atoms with Crippen LogP contribution in [0, 0.1) is 5.92 Å². The molecule has 0 aliphatic heterocycles. The molecule has 1 aromatic rings. The number of aliphatic hydroxyl groups excluding tert-OH is 1. The van der Waals surface area contributed by atoms with E-state index in [0.717, 1.165) is 6.42 Å². The predicted molar refractivity (Wildman–Crippen MR) is 75.0 cm³/mol. The van der Waals surface area contributed by atoms with Crippen LogP contribution in [-0.4, -0.2) is 33.4 Å². The normalized spacial score (nSPS) is 13.5. The maximum absolute atomic E-state index is 9.72. The maximum Gasteiger partial charge on any atom is 0.162 e. The van der Waals surface area contributed by atoms with Crippen LogP contribution in [0.15, 0.2) is 12.4 Å². The lowest BCUT2D eigenvalue weighted by atomic mass is 10.1. The van der Waals surface area contributed by atoms with Crippen molar-refractivity contribution in [3.05, 3.63) is 18.2 Å². The van der Waals surface area contributed by atoms with Crippen molar-refractivity contribution in [2.75, 3.05) is 13.2 Å². The topological polar surface area (TPSA) is 75.5 Å². The molecule has 0 radical (unpaired) electrons. The molecule has 5 heteroatoms. The van der Waals surface area contributed by atoms with Crippen LogP contribution < -0.4 is 4.74 Å². The van der Waals surface area contributed by atoms with E-state index in [1.165, 1.54) is 19.3 Å². The molecule has 1 unspecified atom stereocenters. The molecule has 110 valence electrons. The number of hydrogen-bond donors (Lipinski definition) is 2. The third kappa shape index (κ3) is 6.50. The second-order valence-corrected chi connectivity index (χ2v) is 4.71. The van der Waals surface area contributed by atoms with E-state index in [4.69, 9.17) is 9.84 Å². The molecular formula is C14H26N2O3. The monoisotopic (exact) mass is 270 g/mol. The van der Waals surface area contributed by atoms with Crippen LogP contribution in [0.3, 0.4) is 0 Å². The first kappa shape index (κ1) is 17.8. The van der Waals surface area contributed by atoms with Crippen LogP contribution in [0.2, 0.25) is 0 Å². The molecule has 19 heavy (non-hydrogen) atoms. The largest absolute Gasteiger partial charge is 0.490 e. The predicted octanol–water partition coefficient (Wildman–Crippen LogP) is 2.13. The SMILES string of the molecule is CC.CC(C)CCOc1cnc(C(C)(O)CO)nc1. The third-order valence-corrected chi connectivity index (χ3v) is 2.38. The second-order valence-electron chi connectivity index (χ2n) is 4.71. The first-order valence-electron chi connectivity index (χ1n) is 6.74. The van der Waals surface area contributed by atoms with Crippen molar-refractivity contribution >= 4 is 0 Å². The number of ether oxygens (including phenoxy) is 1. The smallest absolute Gasteiger partial charge is 0.162 e. The van der Waals surface area contributed by atoms with Gasteiger partial charge in [-0.05, 0) is 19.3 Å². The summed E-state index contributed by atoms with van der Waals surface area (Å²) in [5, 5.41) is 18.7. The highest BCUT2D eigenvalue weighted by molar-refractivity contribution is 5.14. The van der Waals surface area contributed by atoms with Gasteiger partial charge in [-0.1, -0.05) is 27.7 Å². The van der Waals surface area contributed by atoms with Crippen LogP contribution in [0.25, 0.3) is 0 Å². The second kappa shape index (κ2) is 8.82. The van der Waals surface area contributed by atoms with Crippen LogP contribution in [0.5, 0.6) is 5.75 Å². The van der Waals surface area contributed by atoms with Crippen molar-refractivity contribution in [3.63, 3.8) is 0 Å². The van der Waals surface area contributed by atoms with Gasteiger partial charge >= 0.3 is 0 Å². The molecule has 0 spiro atoms. The number of nitrogens with zero attached hydrogens (tertiary/aromatic N) is 2. The molecule has 0 fully saturated rings. The van der Waals surface area contributed by atoms with Gasteiger partial charge in [0.05, 0.1) is 25.6 Å². The number of hydrogen-bond acceptors (Lipinski definition) is 5. The van der Waals surface area contributed by atoms with Gasteiger partial charge in [0.2, 0.25) is 0 Å². The van der Waals surface area contributed by atoms with E-state index >= 15 is 0 Å². The van der Waals surface area contributed by atoms with Gasteiger partial charge in [0, 0.05) is 0 Å². The van der Waals surface area contributed by atoms with Gasteiger partial charge in [-0.15, -0.1) is 0 Å². The van der Waals surface area contributed by atoms with E-state index in [1.54, 1.807) is 0 Å². The lowest BCUT2D eigenvalue weighted by Crippen LogP contribution is -2.28. The number of rotatable bonds is 6. The zero-order chi connectivity index (χ0) is 14.9. The van der Waals surface area contributed by atoms with Crippen molar-refractivity contribution < 1.29 is 14.9 Å². The van der Waals surface area contributed by atoms with E-state index in [2.05, 4.69) is 23.8 Å². The lowest BCUT2D eigenvalue weighted by Gasteiger charge is -2.18. The Morgan fingerprint density at radius 3 is 2.21 bits per heavy atom. The summed E-state index contributed by atoms with van der Waals surface area (Å²) >= 11 is 0. The summed E-state index contributed by atoms with van der Waals surface area (Å²) in [5.41, 5.74) is -1.41. The van der Waals surface area contributed by atoms with E-state index in [-0.39, 0.29) is 5.82 Å². The van der Waals surface area contributed by atoms with Gasteiger partial charge in [-0.3, -0.25) is 0 Å². The minimum Gasteiger partial charge on any atom is -0.490 e. The fraction of sp³-hybridized carbons (Fsp3) is 0.714. The molecule has 0 bridgehead atoms. The molecule has 5 nitrogen and oxygen atoms in total. The average Bonchev–Trinajstić information content (AvgIpc) is 2.41. The molecule has 0 aliphatic rings. The standard InChI is InChI=1S/C12H20N2O3.C2H6/c1-9(2)4-5-17-10-6-13-11(14-7-10)12(3,16)8-15;1-2/h6-7,9,15-16H,4-5,8H2,1-3H3;1-2H3. The highest BCUT2D eigenvalue weighted by Crippen LogP contribution is 2.17. The summed E-state index contributed by atoms with van der Waals surface area (Å²) in [4.78, 5) is 7.95. The summed E-state index contributed by atoms with van der Waals surface area (Å²) in [7, 11) is 0. The molecule has 0 saturated heterocycles. The Morgan fingerprint density at radius 2 is 1.79 bits per heavy atom. The maximum atomic E-state index is 9.72. The van der Waals surface area contributed by atoms with Gasteiger partial charge < -0.3 is 14.9 Å². The zero-order valence-corrected chi connectivity index (χ0v) is 12.6. The van der Waals surface area contributed by atoms with E-state index in [9.17, 15) is 5.11 Å². The van der Waals surface area contributed by atoms with Crippen molar-refractivity contribution in [1.29, 1.82) is 0 Å². The summed E-state index contributed by atoms with van der Waals surface area (Å²) in [6.07, 6.45) is 3.98. The molecule has 0 amide bonds. The summed E-state index contributed by atoms with van der Waals surface area (Å²) in [6, 6.07) is 0. The fourth-order valence-electron chi connectivity index (χ4n) is 1.15. The van der Waals surface area contributed by atoms with Crippen molar-refractivity contribution in [3.8, 4) is 5.75 Å². The Bertz CT molecular complexity index is 337. The Hall–Kier alpha value is -1.20. The van der Waals surface area contributed by atoms with Crippen molar-refractivity contribution in [2.45, 2.75) is 46.6 Å². The number of aromatic nitrogens is 2. The zero-order valence-electron chi connectivity index (χ0n) is 12.6. The van der Waals surface area contributed by atoms with Crippen LogP contribution in [0.1, 0.15) is 46.9 Å².